The van der Waals surface area contributed by atoms with Gasteiger partial charge in [0.05, 0.1) is 0 Å². The molecule has 16 heavy (non-hydrogen) atoms. The van der Waals surface area contributed by atoms with Gasteiger partial charge in [-0.1, -0.05) is 19.7 Å². The molecule has 0 spiro atoms. The van der Waals surface area contributed by atoms with Crippen LogP contribution in [0.2, 0.25) is 0 Å². The molecule has 7 heteroatoms. The van der Waals surface area contributed by atoms with Gasteiger partial charge in [-0.2, -0.15) is 0 Å². The Morgan fingerprint density at radius 3 is 2.44 bits per heavy atom. The van der Waals surface area contributed by atoms with Crippen molar-refractivity contribution in [3.8, 4) is 0 Å². The predicted octanol–water partition coefficient (Wildman–Crippen LogP) is -0.552. The number of nitrogens with two attached hydrogens (primary N) is 1. The number of rotatable bonds is 7. The maximum atomic E-state index is 11.7. The molecule has 0 heterocycles. The number of hydrogen-bond donors (Lipinski definition) is 3. The zero-order valence-electron chi connectivity index (χ0n) is 9.34. The van der Waals surface area contributed by atoms with Gasteiger partial charge >= 0.3 is 0 Å². The van der Waals surface area contributed by atoms with E-state index in [0.29, 0.717) is 12.8 Å². The summed E-state index contributed by atoms with van der Waals surface area (Å²) >= 11 is 3.80. The van der Waals surface area contributed by atoms with Gasteiger partial charge in [0.2, 0.25) is 18.2 Å². The van der Waals surface area contributed by atoms with Crippen molar-refractivity contribution in [2.45, 2.75) is 38.8 Å². The zero-order valence-corrected chi connectivity index (χ0v) is 10.2. The minimum absolute atomic E-state index is 0.0754. The fraction of sp³-hybridized carbons (Fsp3) is 0.667. The Morgan fingerprint density at radius 1 is 1.56 bits per heavy atom. The van der Waals surface area contributed by atoms with Crippen LogP contribution in [0, 0.1) is 0 Å². The summed E-state index contributed by atoms with van der Waals surface area (Å²) in [6.07, 6.45) is 0.723. The van der Waals surface area contributed by atoms with E-state index in [1.807, 2.05) is 0 Å². The summed E-state index contributed by atoms with van der Waals surface area (Å²) in [7, 11) is 0. The van der Waals surface area contributed by atoms with Crippen molar-refractivity contribution in [3.05, 3.63) is 0 Å². The highest BCUT2D eigenvalue weighted by molar-refractivity contribution is 7.78. The fourth-order valence-electron chi connectivity index (χ4n) is 1.25. The maximum absolute atomic E-state index is 11.7. The van der Waals surface area contributed by atoms with Crippen molar-refractivity contribution in [1.29, 1.82) is 0 Å². The highest BCUT2D eigenvalue weighted by Crippen LogP contribution is 2.06. The second kappa shape index (κ2) is 7.24. The summed E-state index contributed by atoms with van der Waals surface area (Å²) in [5.41, 5.74) is 5.10. The van der Waals surface area contributed by atoms with Crippen molar-refractivity contribution in [2.24, 2.45) is 5.73 Å². The molecular formula is C9H17N3O3S. The highest BCUT2D eigenvalue weighted by Gasteiger charge is 2.26. The molecule has 0 aliphatic heterocycles. The molecule has 0 radical (unpaired) electrons. The molecule has 2 atom stereocenters. The van der Waals surface area contributed by atoms with Gasteiger partial charge in [0.1, 0.15) is 6.04 Å². The largest absolute Gasteiger partial charge is 0.368 e. The molecule has 3 amide bonds. The molecule has 0 aromatic heterocycles. The topological polar surface area (TPSA) is 92.5 Å². The van der Waals surface area contributed by atoms with Crippen molar-refractivity contribution in [2.75, 3.05) is 0 Å². The summed E-state index contributed by atoms with van der Waals surface area (Å²) in [5, 5.41) is 0. The molecule has 0 aliphatic rings. The molecule has 0 rings (SSSR count). The highest BCUT2D eigenvalue weighted by atomic mass is 32.1. The average Bonchev–Trinajstić information content (AvgIpc) is 2.24. The van der Waals surface area contributed by atoms with Crippen molar-refractivity contribution < 1.29 is 14.4 Å². The molecule has 0 aromatic rings. The van der Waals surface area contributed by atoms with Gasteiger partial charge in [-0.15, -0.1) is 0 Å². The normalized spacial score (nSPS) is 13.9. The number of nitrogens with one attached hydrogen (secondary N) is 1. The lowest BCUT2D eigenvalue weighted by Gasteiger charge is -2.23. The van der Waals surface area contributed by atoms with E-state index >= 15 is 0 Å². The number of nitrogens with zero attached hydrogens (tertiary/aromatic N) is 1. The third-order valence-corrected chi connectivity index (χ3v) is 2.59. The van der Waals surface area contributed by atoms with Crippen LogP contribution in [-0.2, 0) is 14.4 Å². The summed E-state index contributed by atoms with van der Waals surface area (Å²) in [6.45, 7) is 3.42. The van der Waals surface area contributed by atoms with Crippen LogP contribution in [0.15, 0.2) is 0 Å². The van der Waals surface area contributed by atoms with Crippen LogP contribution < -0.4 is 10.5 Å². The molecule has 0 aliphatic carbocycles. The Balaban J connectivity index is 4.64. The van der Waals surface area contributed by atoms with Gasteiger partial charge in [-0.3, -0.25) is 24.0 Å². The lowest BCUT2D eigenvalue weighted by Crippen LogP contribution is -2.47. The molecule has 0 aromatic carbocycles. The number of primary amides is 1. The molecule has 0 bridgehead atoms. The lowest BCUT2D eigenvalue weighted by molar-refractivity contribution is -0.145. The molecule has 0 saturated carbocycles. The van der Waals surface area contributed by atoms with E-state index in [9.17, 15) is 14.4 Å². The van der Waals surface area contributed by atoms with Crippen LogP contribution in [-0.4, -0.2) is 35.2 Å². The Morgan fingerprint density at radius 2 is 2.12 bits per heavy atom. The number of amides is 3. The van der Waals surface area contributed by atoms with Gasteiger partial charge in [-0.25, -0.2) is 0 Å². The number of carbonyl (C=O) groups is 3. The molecule has 0 saturated heterocycles. The number of imide groups is 1. The average molecular weight is 247 g/mol. The summed E-state index contributed by atoms with van der Waals surface area (Å²) in [6, 6.07) is -1.07. The second-order valence-electron chi connectivity index (χ2n) is 3.47. The van der Waals surface area contributed by atoms with Crippen LogP contribution >= 0.6 is 12.8 Å². The first kappa shape index (κ1) is 14.9. The van der Waals surface area contributed by atoms with Gasteiger partial charge in [0, 0.05) is 12.5 Å². The number of hydrogen-bond acceptors (Lipinski definition) is 5. The molecular weight excluding hydrogens is 230 g/mol. The van der Waals surface area contributed by atoms with Crippen LogP contribution in [0.4, 0.5) is 0 Å². The zero-order chi connectivity index (χ0) is 12.7. The maximum Gasteiger partial charge on any atom is 0.240 e. The summed E-state index contributed by atoms with van der Waals surface area (Å²) < 4.78 is 2.58. The third-order valence-electron chi connectivity index (χ3n) is 2.15. The first-order valence-electron chi connectivity index (χ1n) is 4.93. The Hall–Kier alpha value is -1.08. The van der Waals surface area contributed by atoms with Gasteiger partial charge in [-0.05, 0) is 13.3 Å². The third kappa shape index (κ3) is 4.19. The van der Waals surface area contributed by atoms with Crippen LogP contribution in [0.3, 0.4) is 0 Å². The molecule has 92 valence electrons. The first-order chi connectivity index (χ1) is 7.47. The van der Waals surface area contributed by atoms with E-state index in [1.54, 1.807) is 13.8 Å². The first-order valence-corrected chi connectivity index (χ1v) is 5.38. The standard InChI is InChI=1S/C9H17N3O3S/c1-3-7(9(10)15)12(5-13)8(14)4-6(2)11-16/h5-7,11,16H,3-4H2,1-2H3,(H2,10,15). The Labute approximate surface area is 100 Å². The van der Waals surface area contributed by atoms with Crippen molar-refractivity contribution in [3.63, 3.8) is 0 Å². The predicted molar refractivity (Wildman–Crippen MR) is 62.4 cm³/mol. The quantitative estimate of drug-likeness (QED) is 0.415. The van der Waals surface area contributed by atoms with E-state index in [-0.39, 0.29) is 12.5 Å². The lowest BCUT2D eigenvalue weighted by atomic mass is 10.1. The van der Waals surface area contributed by atoms with E-state index in [2.05, 4.69) is 17.5 Å². The summed E-state index contributed by atoms with van der Waals surface area (Å²) in [4.78, 5) is 34.3. The SMILES string of the molecule is CCC(C(N)=O)N(C=O)C(=O)CC(C)NS. The van der Waals surface area contributed by atoms with Gasteiger partial charge in [0.15, 0.2) is 0 Å². The molecule has 2 unspecified atom stereocenters. The summed E-state index contributed by atoms with van der Waals surface area (Å²) in [5.74, 6) is -1.14. The fourth-order valence-corrected chi connectivity index (χ4v) is 1.35. The van der Waals surface area contributed by atoms with Gasteiger partial charge < -0.3 is 5.73 Å². The molecule has 6 nitrogen and oxygen atoms in total. The molecule has 0 fully saturated rings. The smallest absolute Gasteiger partial charge is 0.240 e. The van der Waals surface area contributed by atoms with Crippen LogP contribution in [0.5, 0.6) is 0 Å². The van der Waals surface area contributed by atoms with Crippen molar-refractivity contribution >= 4 is 31.0 Å². The van der Waals surface area contributed by atoms with E-state index < -0.39 is 17.9 Å². The van der Waals surface area contributed by atoms with E-state index in [0.717, 1.165) is 4.90 Å². The Kier molecular flexibility index (Phi) is 6.75. The number of carbonyl (C=O) groups excluding carboxylic acids is 3. The second-order valence-corrected chi connectivity index (χ2v) is 3.73. The van der Waals surface area contributed by atoms with E-state index in [4.69, 9.17) is 5.73 Å². The minimum atomic E-state index is -0.878. The Bertz CT molecular complexity index is 273. The van der Waals surface area contributed by atoms with Crippen molar-refractivity contribution in [1.82, 2.24) is 9.62 Å². The monoisotopic (exact) mass is 247 g/mol. The number of thiol groups is 1. The van der Waals surface area contributed by atoms with Crippen LogP contribution in [0.25, 0.3) is 0 Å². The minimum Gasteiger partial charge on any atom is -0.368 e. The van der Waals surface area contributed by atoms with E-state index in [1.165, 1.54) is 0 Å². The molecule has 3 N–H and O–H groups in total. The van der Waals surface area contributed by atoms with Crippen LogP contribution in [0.1, 0.15) is 26.7 Å². The van der Waals surface area contributed by atoms with Gasteiger partial charge in [0.25, 0.3) is 0 Å².